The van der Waals surface area contributed by atoms with Crippen molar-refractivity contribution in [1.82, 2.24) is 9.55 Å². The fraction of sp³-hybridized carbons (Fsp3) is 0.278. The standard InChI is InChI=1S/C18H15N3OS/c1-11-20-17-16(14-3-2-4-15(14)23-17)18(22)21(11)10-13-7-5-12(9-19)6-8-13/h5-8H,2-4,10H2,1H3. The molecule has 0 atom stereocenters. The molecule has 0 spiro atoms. The number of hydrogen-bond donors (Lipinski definition) is 0. The van der Waals surface area contributed by atoms with Gasteiger partial charge in [-0.25, -0.2) is 4.98 Å². The predicted molar refractivity (Wildman–Crippen MR) is 90.9 cm³/mol. The van der Waals surface area contributed by atoms with Gasteiger partial charge in [-0.2, -0.15) is 5.26 Å². The summed E-state index contributed by atoms with van der Waals surface area (Å²) in [5, 5.41) is 9.70. The number of rotatable bonds is 2. The molecule has 0 bridgehead atoms. The SMILES string of the molecule is Cc1nc2sc3c(c2c(=O)n1Cc1ccc(C#N)cc1)CCC3. The smallest absolute Gasteiger partial charge is 0.262 e. The van der Waals surface area contributed by atoms with Crippen molar-refractivity contribution in [2.24, 2.45) is 0 Å². The Labute approximate surface area is 137 Å². The number of thiophene rings is 1. The molecule has 23 heavy (non-hydrogen) atoms. The van der Waals surface area contributed by atoms with Gasteiger partial charge < -0.3 is 0 Å². The second-order valence-corrected chi connectivity index (χ2v) is 6.98. The van der Waals surface area contributed by atoms with Gasteiger partial charge in [0.25, 0.3) is 5.56 Å². The molecule has 0 N–H and O–H groups in total. The quantitative estimate of drug-likeness (QED) is 0.728. The van der Waals surface area contributed by atoms with Gasteiger partial charge in [0.05, 0.1) is 23.6 Å². The number of aryl methyl sites for hydroxylation is 3. The fourth-order valence-corrected chi connectivity index (χ4v) is 4.53. The number of benzene rings is 1. The maximum atomic E-state index is 13.0. The Balaban J connectivity index is 1.83. The van der Waals surface area contributed by atoms with Crippen molar-refractivity contribution in [2.75, 3.05) is 0 Å². The molecule has 0 amide bonds. The Morgan fingerprint density at radius 2 is 2.09 bits per heavy atom. The largest absolute Gasteiger partial charge is 0.292 e. The second kappa shape index (κ2) is 5.32. The van der Waals surface area contributed by atoms with E-state index in [9.17, 15) is 4.79 Å². The van der Waals surface area contributed by atoms with Crippen LogP contribution < -0.4 is 5.56 Å². The molecular formula is C18H15N3OS. The number of nitrogens with zero attached hydrogens (tertiary/aromatic N) is 3. The molecule has 1 aliphatic rings. The third-order valence-corrected chi connectivity index (χ3v) is 5.63. The van der Waals surface area contributed by atoms with Crippen LogP contribution in [0, 0.1) is 18.3 Å². The van der Waals surface area contributed by atoms with Crippen LogP contribution in [0.3, 0.4) is 0 Å². The van der Waals surface area contributed by atoms with Gasteiger partial charge in [-0.1, -0.05) is 12.1 Å². The Hall–Kier alpha value is -2.45. The highest BCUT2D eigenvalue weighted by Crippen LogP contribution is 2.34. The zero-order valence-corrected chi connectivity index (χ0v) is 13.6. The van der Waals surface area contributed by atoms with Crippen LogP contribution in [0.25, 0.3) is 10.2 Å². The lowest BCUT2D eigenvalue weighted by Gasteiger charge is -2.10. The van der Waals surface area contributed by atoms with Gasteiger partial charge in [-0.15, -0.1) is 11.3 Å². The van der Waals surface area contributed by atoms with Crippen molar-refractivity contribution in [2.45, 2.75) is 32.7 Å². The van der Waals surface area contributed by atoms with Crippen LogP contribution in [0.4, 0.5) is 0 Å². The highest BCUT2D eigenvalue weighted by atomic mass is 32.1. The van der Waals surface area contributed by atoms with E-state index in [1.165, 1.54) is 10.4 Å². The molecule has 1 aliphatic carbocycles. The lowest BCUT2D eigenvalue weighted by atomic mass is 10.1. The van der Waals surface area contributed by atoms with Crippen LogP contribution in [0.15, 0.2) is 29.1 Å². The van der Waals surface area contributed by atoms with Gasteiger partial charge in [0.15, 0.2) is 0 Å². The molecule has 3 aromatic rings. The van der Waals surface area contributed by atoms with Crippen molar-refractivity contribution < 1.29 is 0 Å². The molecular weight excluding hydrogens is 306 g/mol. The first kappa shape index (κ1) is 14.2. The third kappa shape index (κ3) is 2.27. The summed E-state index contributed by atoms with van der Waals surface area (Å²) in [4.78, 5) is 19.8. The normalized spacial score (nSPS) is 13.2. The molecule has 114 valence electrons. The summed E-state index contributed by atoms with van der Waals surface area (Å²) in [5.41, 5.74) is 2.91. The van der Waals surface area contributed by atoms with Crippen molar-refractivity contribution in [3.63, 3.8) is 0 Å². The zero-order valence-electron chi connectivity index (χ0n) is 12.8. The van der Waals surface area contributed by atoms with E-state index in [4.69, 9.17) is 5.26 Å². The number of nitriles is 1. The maximum absolute atomic E-state index is 13.0. The lowest BCUT2D eigenvalue weighted by molar-refractivity contribution is 0.713. The lowest BCUT2D eigenvalue weighted by Crippen LogP contribution is -2.24. The third-order valence-electron chi connectivity index (χ3n) is 4.44. The molecule has 0 fully saturated rings. The van der Waals surface area contributed by atoms with Crippen LogP contribution in [-0.4, -0.2) is 9.55 Å². The van der Waals surface area contributed by atoms with Crippen molar-refractivity contribution >= 4 is 21.6 Å². The van der Waals surface area contributed by atoms with E-state index >= 15 is 0 Å². The first-order valence-corrected chi connectivity index (χ1v) is 8.50. The van der Waals surface area contributed by atoms with Gasteiger partial charge in [0.1, 0.15) is 10.7 Å². The van der Waals surface area contributed by atoms with Gasteiger partial charge in [0, 0.05) is 4.88 Å². The predicted octanol–water partition coefficient (Wildman–Crippen LogP) is 3.18. The van der Waals surface area contributed by atoms with Gasteiger partial charge in [-0.05, 0) is 49.4 Å². The Bertz CT molecular complexity index is 1010. The fourth-order valence-electron chi connectivity index (χ4n) is 3.23. The van der Waals surface area contributed by atoms with Gasteiger partial charge in [0.2, 0.25) is 0 Å². The van der Waals surface area contributed by atoms with E-state index in [0.717, 1.165) is 40.9 Å². The van der Waals surface area contributed by atoms with E-state index in [-0.39, 0.29) is 5.56 Å². The first-order chi connectivity index (χ1) is 11.2. The molecule has 4 rings (SSSR count). The van der Waals surface area contributed by atoms with Crippen molar-refractivity contribution in [3.8, 4) is 6.07 Å². The summed E-state index contributed by atoms with van der Waals surface area (Å²) in [5.74, 6) is 0.742. The van der Waals surface area contributed by atoms with E-state index in [2.05, 4.69) is 11.1 Å². The summed E-state index contributed by atoms with van der Waals surface area (Å²) in [7, 11) is 0. The summed E-state index contributed by atoms with van der Waals surface area (Å²) >= 11 is 1.67. The highest BCUT2D eigenvalue weighted by Gasteiger charge is 2.22. The number of hydrogen-bond acceptors (Lipinski definition) is 4. The molecule has 4 nitrogen and oxygen atoms in total. The van der Waals surface area contributed by atoms with Crippen LogP contribution in [0.1, 0.15) is 33.8 Å². The molecule has 2 heterocycles. The van der Waals surface area contributed by atoms with Gasteiger partial charge in [-0.3, -0.25) is 9.36 Å². The summed E-state index contributed by atoms with van der Waals surface area (Å²) in [6.45, 7) is 2.37. The highest BCUT2D eigenvalue weighted by molar-refractivity contribution is 7.18. The molecule has 5 heteroatoms. The molecule has 2 aromatic heterocycles. The maximum Gasteiger partial charge on any atom is 0.262 e. The minimum absolute atomic E-state index is 0.0660. The number of fused-ring (bicyclic) bond motifs is 3. The zero-order chi connectivity index (χ0) is 16.0. The molecule has 1 aromatic carbocycles. The van der Waals surface area contributed by atoms with E-state index < -0.39 is 0 Å². The average molecular weight is 321 g/mol. The minimum atomic E-state index is 0.0660. The van der Waals surface area contributed by atoms with Crippen LogP contribution in [-0.2, 0) is 19.4 Å². The average Bonchev–Trinajstić information content (AvgIpc) is 3.12. The molecule has 0 radical (unpaired) electrons. The van der Waals surface area contributed by atoms with E-state index in [0.29, 0.717) is 12.1 Å². The second-order valence-electron chi connectivity index (χ2n) is 5.90. The van der Waals surface area contributed by atoms with Crippen LogP contribution in [0.5, 0.6) is 0 Å². The Morgan fingerprint density at radius 3 is 2.83 bits per heavy atom. The molecule has 0 saturated carbocycles. The Kier molecular flexibility index (Phi) is 3.28. The Morgan fingerprint density at radius 1 is 1.30 bits per heavy atom. The van der Waals surface area contributed by atoms with Crippen LogP contribution in [0.2, 0.25) is 0 Å². The number of aromatic nitrogens is 2. The minimum Gasteiger partial charge on any atom is -0.292 e. The summed E-state index contributed by atoms with van der Waals surface area (Å²) in [6, 6.07) is 9.46. The molecule has 0 aliphatic heterocycles. The van der Waals surface area contributed by atoms with E-state index in [1.807, 2.05) is 19.1 Å². The summed E-state index contributed by atoms with van der Waals surface area (Å²) in [6.07, 6.45) is 3.21. The van der Waals surface area contributed by atoms with Gasteiger partial charge >= 0.3 is 0 Å². The first-order valence-electron chi connectivity index (χ1n) is 7.68. The van der Waals surface area contributed by atoms with Crippen LogP contribution >= 0.6 is 11.3 Å². The topological polar surface area (TPSA) is 58.7 Å². The monoisotopic (exact) mass is 321 g/mol. The summed E-state index contributed by atoms with van der Waals surface area (Å²) < 4.78 is 1.75. The molecule has 0 unspecified atom stereocenters. The van der Waals surface area contributed by atoms with Crippen molar-refractivity contribution in [1.29, 1.82) is 5.26 Å². The van der Waals surface area contributed by atoms with Crippen molar-refractivity contribution in [3.05, 3.63) is 62.0 Å². The molecule has 0 saturated heterocycles. The van der Waals surface area contributed by atoms with E-state index in [1.54, 1.807) is 28.0 Å².